The number of aromatic hydroxyl groups is 2. The Kier molecular flexibility index (Phi) is 7.37. The number of hydrogen-bond acceptors (Lipinski definition) is 6. The molecule has 180 valence electrons. The van der Waals surface area contributed by atoms with E-state index in [0.29, 0.717) is 35.5 Å². The Hall–Kier alpha value is -3.71. The molecule has 0 atom stereocenters. The van der Waals surface area contributed by atoms with Crippen LogP contribution in [0.15, 0.2) is 36.0 Å². The van der Waals surface area contributed by atoms with Gasteiger partial charge in [-0.15, -0.1) is 5.06 Å². The standard InChI is InChI=1S/C24H24F3N3O4/c1-4-30-13-16(22(34-30)18-10-17(14(2)3)19(31)11-20(18)32)6-5-9-28-23(33)15-7-8-21(29-12-15)24(25,26)27/h7-8,10-12,14,31-32H,4,9,13H2,1-3H3,(H,28,33). The highest BCUT2D eigenvalue weighted by Gasteiger charge is 2.32. The van der Waals surface area contributed by atoms with Crippen LogP contribution in [0.3, 0.4) is 0 Å². The SMILES string of the molecule is CCN1CC(C#CCNC(=O)c2ccc(C(F)(F)F)nc2)=C(c2cc(C(C)C)c(O)cc2O)O1. The predicted molar refractivity (Wildman–Crippen MR) is 118 cm³/mol. The van der Waals surface area contributed by atoms with Crippen LogP contribution in [-0.2, 0) is 11.0 Å². The van der Waals surface area contributed by atoms with Crippen molar-refractivity contribution in [3.8, 4) is 23.3 Å². The summed E-state index contributed by atoms with van der Waals surface area (Å²) in [5, 5.41) is 24.7. The molecular formula is C24H24F3N3O4. The lowest BCUT2D eigenvalue weighted by Gasteiger charge is -2.16. The molecular weight excluding hydrogens is 451 g/mol. The number of amides is 1. The Balaban J connectivity index is 1.77. The fourth-order valence-electron chi connectivity index (χ4n) is 3.26. The number of nitrogens with one attached hydrogen (secondary N) is 1. The molecule has 0 fully saturated rings. The molecule has 1 amide bonds. The summed E-state index contributed by atoms with van der Waals surface area (Å²) >= 11 is 0. The Morgan fingerprint density at radius 3 is 2.59 bits per heavy atom. The van der Waals surface area contributed by atoms with Crippen molar-refractivity contribution < 1.29 is 33.0 Å². The summed E-state index contributed by atoms with van der Waals surface area (Å²) in [6, 6.07) is 4.70. The minimum Gasteiger partial charge on any atom is -0.508 e. The third-order valence-corrected chi connectivity index (χ3v) is 5.09. The molecule has 0 unspecified atom stereocenters. The van der Waals surface area contributed by atoms with Gasteiger partial charge in [-0.2, -0.15) is 13.2 Å². The van der Waals surface area contributed by atoms with Gasteiger partial charge in [-0.1, -0.05) is 25.7 Å². The zero-order valence-corrected chi connectivity index (χ0v) is 18.8. The summed E-state index contributed by atoms with van der Waals surface area (Å²) in [6.45, 7) is 6.56. The molecule has 1 aliphatic heterocycles. The molecule has 1 aromatic carbocycles. The highest BCUT2D eigenvalue weighted by molar-refractivity contribution is 5.94. The number of phenolic OH excluding ortho intramolecular Hbond substituents is 2. The minimum absolute atomic E-state index is 0.00747. The summed E-state index contributed by atoms with van der Waals surface area (Å²) < 4.78 is 37.8. The van der Waals surface area contributed by atoms with Gasteiger partial charge in [0, 0.05) is 18.8 Å². The van der Waals surface area contributed by atoms with Gasteiger partial charge in [-0.05, 0) is 36.6 Å². The van der Waals surface area contributed by atoms with Gasteiger partial charge in [0.15, 0.2) is 5.76 Å². The van der Waals surface area contributed by atoms with E-state index in [1.807, 2.05) is 20.8 Å². The predicted octanol–water partition coefficient (Wildman–Crippen LogP) is 4.05. The fourth-order valence-corrected chi connectivity index (χ4v) is 3.26. The molecule has 0 radical (unpaired) electrons. The van der Waals surface area contributed by atoms with Gasteiger partial charge >= 0.3 is 6.18 Å². The van der Waals surface area contributed by atoms with Crippen LogP contribution in [0, 0.1) is 11.8 Å². The van der Waals surface area contributed by atoms with Crippen LogP contribution in [-0.4, -0.2) is 45.8 Å². The topological polar surface area (TPSA) is 94.9 Å². The van der Waals surface area contributed by atoms with Crippen LogP contribution in [0.25, 0.3) is 5.76 Å². The van der Waals surface area contributed by atoms with Gasteiger partial charge in [-0.25, -0.2) is 0 Å². The van der Waals surface area contributed by atoms with Gasteiger partial charge in [0.2, 0.25) is 0 Å². The van der Waals surface area contributed by atoms with Crippen LogP contribution in [0.1, 0.15) is 53.9 Å². The lowest BCUT2D eigenvalue weighted by molar-refractivity contribution is -0.141. The Morgan fingerprint density at radius 2 is 2.00 bits per heavy atom. The summed E-state index contributed by atoms with van der Waals surface area (Å²) in [7, 11) is 0. The number of pyridine rings is 1. The summed E-state index contributed by atoms with van der Waals surface area (Å²) in [5.74, 6) is 5.31. The average Bonchev–Trinajstić information content (AvgIpc) is 3.19. The normalized spacial score (nSPS) is 14.1. The number of nitrogens with zero attached hydrogens (tertiary/aromatic N) is 2. The molecule has 0 aliphatic carbocycles. The number of likely N-dealkylation sites (N-methyl/N-ethyl adjacent to an activating group) is 1. The van der Waals surface area contributed by atoms with Gasteiger partial charge in [0.05, 0.1) is 29.8 Å². The first kappa shape index (κ1) is 24.9. The van der Waals surface area contributed by atoms with Crippen LogP contribution in [0.5, 0.6) is 11.5 Å². The fraction of sp³-hybridized carbons (Fsp3) is 0.333. The highest BCUT2D eigenvalue weighted by atomic mass is 19.4. The summed E-state index contributed by atoms with van der Waals surface area (Å²) in [4.78, 5) is 21.3. The lowest BCUT2D eigenvalue weighted by Crippen LogP contribution is -2.24. The van der Waals surface area contributed by atoms with E-state index in [2.05, 4.69) is 22.1 Å². The number of aromatic nitrogens is 1. The molecule has 34 heavy (non-hydrogen) atoms. The first-order valence-corrected chi connectivity index (χ1v) is 10.5. The zero-order valence-electron chi connectivity index (χ0n) is 18.8. The molecule has 0 bridgehead atoms. The average molecular weight is 475 g/mol. The van der Waals surface area contributed by atoms with E-state index in [9.17, 15) is 28.2 Å². The first-order chi connectivity index (χ1) is 16.0. The molecule has 0 saturated carbocycles. The first-order valence-electron chi connectivity index (χ1n) is 10.5. The number of benzene rings is 1. The Morgan fingerprint density at radius 1 is 1.26 bits per heavy atom. The van der Waals surface area contributed by atoms with Gasteiger partial charge in [0.25, 0.3) is 5.91 Å². The van der Waals surface area contributed by atoms with Crippen molar-refractivity contribution in [3.63, 3.8) is 0 Å². The molecule has 0 spiro atoms. The van der Waals surface area contributed by atoms with Crippen LogP contribution < -0.4 is 5.32 Å². The van der Waals surface area contributed by atoms with Crippen LogP contribution in [0.4, 0.5) is 13.2 Å². The van der Waals surface area contributed by atoms with E-state index in [-0.39, 0.29) is 29.5 Å². The van der Waals surface area contributed by atoms with Crippen molar-refractivity contribution in [3.05, 3.63) is 58.4 Å². The molecule has 2 aromatic rings. The summed E-state index contributed by atoms with van der Waals surface area (Å²) in [5.41, 5.74) is 0.502. The van der Waals surface area contributed by atoms with Crippen molar-refractivity contribution in [2.75, 3.05) is 19.6 Å². The number of halogens is 3. The smallest absolute Gasteiger partial charge is 0.433 e. The molecule has 3 rings (SSSR count). The van der Waals surface area contributed by atoms with Crippen LogP contribution in [0.2, 0.25) is 0 Å². The second-order valence-corrected chi connectivity index (χ2v) is 7.85. The second-order valence-electron chi connectivity index (χ2n) is 7.85. The number of hydroxylamine groups is 2. The largest absolute Gasteiger partial charge is 0.508 e. The monoisotopic (exact) mass is 475 g/mol. The zero-order chi connectivity index (χ0) is 25.0. The number of hydrogen-bond donors (Lipinski definition) is 3. The number of rotatable bonds is 5. The summed E-state index contributed by atoms with van der Waals surface area (Å²) in [6.07, 6.45) is -3.72. The number of phenols is 2. The van der Waals surface area contributed by atoms with Crippen molar-refractivity contribution in [2.24, 2.45) is 0 Å². The van der Waals surface area contributed by atoms with E-state index in [1.165, 1.54) is 6.07 Å². The number of alkyl halides is 3. The van der Waals surface area contributed by atoms with Crippen molar-refractivity contribution in [1.29, 1.82) is 0 Å². The van der Waals surface area contributed by atoms with E-state index in [0.717, 1.165) is 18.3 Å². The minimum atomic E-state index is -4.58. The van der Waals surface area contributed by atoms with E-state index >= 15 is 0 Å². The number of carbonyl (C=O) groups is 1. The second kappa shape index (κ2) is 10.1. The molecule has 7 nitrogen and oxygen atoms in total. The molecule has 0 saturated heterocycles. The van der Waals surface area contributed by atoms with Crippen molar-refractivity contribution in [1.82, 2.24) is 15.4 Å². The van der Waals surface area contributed by atoms with E-state index in [1.54, 1.807) is 11.1 Å². The highest BCUT2D eigenvalue weighted by Crippen LogP contribution is 2.39. The third kappa shape index (κ3) is 5.61. The van der Waals surface area contributed by atoms with Crippen LogP contribution >= 0.6 is 0 Å². The van der Waals surface area contributed by atoms with Gasteiger partial charge in [0.1, 0.15) is 17.2 Å². The Labute approximate surface area is 194 Å². The Bertz CT molecular complexity index is 1160. The quantitative estimate of drug-likeness (QED) is 0.565. The van der Waals surface area contributed by atoms with Crippen molar-refractivity contribution in [2.45, 2.75) is 32.9 Å². The van der Waals surface area contributed by atoms with Gasteiger partial charge < -0.3 is 20.4 Å². The van der Waals surface area contributed by atoms with Crippen molar-refractivity contribution >= 4 is 11.7 Å². The maximum atomic E-state index is 12.6. The molecule has 2 heterocycles. The lowest BCUT2D eigenvalue weighted by atomic mass is 9.97. The number of carbonyl (C=O) groups excluding carboxylic acids is 1. The molecule has 10 heteroatoms. The molecule has 3 N–H and O–H groups in total. The maximum absolute atomic E-state index is 12.6. The third-order valence-electron chi connectivity index (χ3n) is 5.09. The molecule has 1 aliphatic rings. The molecule has 1 aromatic heterocycles. The van der Waals surface area contributed by atoms with E-state index < -0.39 is 17.8 Å². The maximum Gasteiger partial charge on any atom is 0.433 e. The van der Waals surface area contributed by atoms with E-state index in [4.69, 9.17) is 4.84 Å². The van der Waals surface area contributed by atoms with Gasteiger partial charge in [-0.3, -0.25) is 9.78 Å².